The van der Waals surface area contributed by atoms with E-state index < -0.39 is 29.6 Å². The number of benzene rings is 1. The topological polar surface area (TPSA) is 163 Å². The lowest BCUT2D eigenvalue weighted by Crippen LogP contribution is -2.29. The van der Waals surface area contributed by atoms with Gasteiger partial charge in [0.1, 0.15) is 0 Å². The van der Waals surface area contributed by atoms with Gasteiger partial charge >= 0.3 is 12.1 Å². The SMILES string of the molecule is CC(C)[C@@H]1CCC[C@H](n2cnc(-c3c(-n4cc(Cl)nn4)ccc(Cl)c3F)cc2=O)c2cc(ccn2)-c2c(cnn2C)NC1=O.O=C(O)C(F)(F)F. The number of halogens is 6. The first kappa shape index (κ1) is 37.1. The van der Waals surface area contributed by atoms with Crippen LogP contribution in [0.15, 0.2) is 60.0 Å². The summed E-state index contributed by atoms with van der Waals surface area (Å²) >= 11 is 12.1. The van der Waals surface area contributed by atoms with E-state index in [2.05, 4.69) is 30.7 Å². The van der Waals surface area contributed by atoms with Crippen LogP contribution < -0.4 is 10.9 Å². The van der Waals surface area contributed by atoms with Gasteiger partial charge in [0.05, 0.1) is 63.8 Å². The van der Waals surface area contributed by atoms with Gasteiger partial charge in [-0.2, -0.15) is 18.3 Å². The Labute approximate surface area is 296 Å². The Morgan fingerprint density at radius 1 is 1.10 bits per heavy atom. The van der Waals surface area contributed by atoms with Crippen molar-refractivity contribution in [3.63, 3.8) is 0 Å². The average Bonchev–Trinajstić information content (AvgIpc) is 3.66. The fraction of sp³-hybridized carbons (Fsp3) is 0.312. The van der Waals surface area contributed by atoms with E-state index in [1.807, 2.05) is 26.0 Å². The van der Waals surface area contributed by atoms with Crippen molar-refractivity contribution in [2.75, 3.05) is 5.32 Å². The molecule has 0 fully saturated rings. The van der Waals surface area contributed by atoms with Crippen molar-refractivity contribution in [2.24, 2.45) is 18.9 Å². The minimum Gasteiger partial charge on any atom is -0.475 e. The first-order chi connectivity index (χ1) is 24.1. The maximum Gasteiger partial charge on any atom is 0.490 e. The molecule has 2 N–H and O–H groups in total. The molecule has 1 aromatic carbocycles. The van der Waals surface area contributed by atoms with Crippen LogP contribution in [-0.4, -0.2) is 62.5 Å². The van der Waals surface area contributed by atoms with Crippen LogP contribution in [-0.2, 0) is 16.6 Å². The van der Waals surface area contributed by atoms with Crippen LogP contribution in [0.4, 0.5) is 23.2 Å². The molecule has 1 amide bonds. The highest BCUT2D eigenvalue weighted by Gasteiger charge is 2.38. The molecular formula is C32H29Cl2F4N9O4. The summed E-state index contributed by atoms with van der Waals surface area (Å²) in [6.45, 7) is 4.04. The number of aliphatic carboxylic acids is 1. The lowest BCUT2D eigenvalue weighted by Gasteiger charge is -2.24. The van der Waals surface area contributed by atoms with Crippen LogP contribution in [0, 0.1) is 17.7 Å². The van der Waals surface area contributed by atoms with Gasteiger partial charge in [-0.05, 0) is 43.0 Å². The number of pyridine rings is 1. The summed E-state index contributed by atoms with van der Waals surface area (Å²) in [5.74, 6) is -3.74. The normalized spacial score (nSPS) is 16.3. The molecule has 6 rings (SSSR count). The molecule has 268 valence electrons. The molecule has 0 saturated heterocycles. The number of nitrogens with zero attached hydrogens (tertiary/aromatic N) is 8. The number of hydrogen-bond donors (Lipinski definition) is 2. The molecule has 2 atom stereocenters. The van der Waals surface area contributed by atoms with Gasteiger partial charge in [0.25, 0.3) is 5.56 Å². The Hall–Kier alpha value is -5.16. The van der Waals surface area contributed by atoms with Crippen LogP contribution in [0.2, 0.25) is 10.2 Å². The number of carboxylic acid groups (broad SMARTS) is 1. The molecule has 0 aliphatic carbocycles. The number of rotatable bonds is 4. The van der Waals surface area contributed by atoms with E-state index in [0.717, 1.165) is 11.3 Å². The van der Waals surface area contributed by atoms with Gasteiger partial charge in [-0.15, -0.1) is 5.10 Å². The van der Waals surface area contributed by atoms with Crippen molar-refractivity contribution in [3.05, 3.63) is 87.3 Å². The molecule has 0 spiro atoms. The van der Waals surface area contributed by atoms with Crippen LogP contribution in [0.25, 0.3) is 28.2 Å². The first-order valence-corrected chi connectivity index (χ1v) is 16.1. The maximum atomic E-state index is 15.5. The zero-order chi connectivity index (χ0) is 37.2. The van der Waals surface area contributed by atoms with E-state index in [-0.39, 0.29) is 44.9 Å². The molecule has 5 aromatic rings. The maximum absolute atomic E-state index is 15.5. The highest BCUT2D eigenvalue weighted by atomic mass is 35.5. The summed E-state index contributed by atoms with van der Waals surface area (Å²) < 4.78 is 51.7. The number of anilines is 1. The minimum atomic E-state index is -5.08. The van der Waals surface area contributed by atoms with Crippen molar-refractivity contribution < 1.29 is 32.3 Å². The first-order valence-electron chi connectivity index (χ1n) is 15.3. The second-order valence-electron chi connectivity index (χ2n) is 11.9. The van der Waals surface area contributed by atoms with Crippen molar-refractivity contribution in [3.8, 4) is 28.2 Å². The van der Waals surface area contributed by atoms with E-state index in [1.54, 1.807) is 30.2 Å². The van der Waals surface area contributed by atoms with Gasteiger partial charge in [0.2, 0.25) is 5.91 Å². The molecule has 0 saturated carbocycles. The number of carbonyl (C=O) groups is 2. The van der Waals surface area contributed by atoms with Crippen molar-refractivity contribution >= 4 is 40.8 Å². The molecule has 5 heterocycles. The Bertz CT molecular complexity index is 2150. The molecule has 1 aliphatic heterocycles. The zero-order valence-electron chi connectivity index (χ0n) is 27.1. The van der Waals surface area contributed by atoms with Crippen molar-refractivity contribution in [2.45, 2.75) is 45.3 Å². The molecule has 13 nitrogen and oxygen atoms in total. The molecule has 19 heteroatoms. The van der Waals surface area contributed by atoms with Gasteiger partial charge < -0.3 is 10.4 Å². The standard InChI is InChI=1S/C30H28Cl2FN9O2.C2HF3O2/c1-16(2)18-5-4-6-23(20-11-17(9-10-34-20)29-22(37-30(18)44)13-36-40(29)3)41-15-35-21(12-26(41)43)27-24(8-7-19(31)28(27)33)42-14-25(32)38-39-42;3-2(4,5)1(6)7/h7-16,18,23H,4-6H2,1-3H3,(H,37,44);(H,6,7)/t18-,23-;/m0./s1. The van der Waals surface area contributed by atoms with Gasteiger partial charge in [-0.3, -0.25) is 23.8 Å². The third-order valence-electron chi connectivity index (χ3n) is 8.18. The summed E-state index contributed by atoms with van der Waals surface area (Å²) in [4.78, 5) is 45.2. The third kappa shape index (κ3) is 8.09. The number of amides is 1. The van der Waals surface area contributed by atoms with Crippen LogP contribution in [0.3, 0.4) is 0 Å². The number of aryl methyl sites for hydroxylation is 1. The van der Waals surface area contributed by atoms with Crippen LogP contribution in [0.1, 0.15) is 44.8 Å². The lowest BCUT2D eigenvalue weighted by molar-refractivity contribution is -0.192. The number of carbonyl (C=O) groups excluding carboxylic acids is 1. The fourth-order valence-electron chi connectivity index (χ4n) is 5.72. The number of carboxylic acids is 1. The van der Waals surface area contributed by atoms with E-state index in [0.29, 0.717) is 30.6 Å². The van der Waals surface area contributed by atoms with Crippen molar-refractivity contribution in [1.29, 1.82) is 0 Å². The molecule has 2 bridgehead atoms. The molecule has 0 radical (unpaired) electrons. The number of alkyl halides is 3. The Morgan fingerprint density at radius 3 is 2.45 bits per heavy atom. The van der Waals surface area contributed by atoms with Gasteiger partial charge in [-0.1, -0.05) is 48.7 Å². The predicted octanol–water partition coefficient (Wildman–Crippen LogP) is 6.35. The summed E-state index contributed by atoms with van der Waals surface area (Å²) in [5.41, 5.74) is 2.66. The molecular weight excluding hydrogens is 721 g/mol. The van der Waals surface area contributed by atoms with Gasteiger partial charge in [0.15, 0.2) is 11.0 Å². The van der Waals surface area contributed by atoms with Gasteiger partial charge in [-0.25, -0.2) is 18.9 Å². The number of aromatic nitrogens is 8. The number of nitrogens with one attached hydrogen (secondary N) is 1. The average molecular weight is 751 g/mol. The smallest absolute Gasteiger partial charge is 0.475 e. The highest BCUT2D eigenvalue weighted by molar-refractivity contribution is 6.31. The second kappa shape index (κ2) is 15.0. The Balaban J connectivity index is 0.000000654. The van der Waals surface area contributed by atoms with E-state index in [9.17, 15) is 22.8 Å². The summed E-state index contributed by atoms with van der Waals surface area (Å²) in [7, 11) is 1.80. The highest BCUT2D eigenvalue weighted by Crippen LogP contribution is 2.35. The lowest BCUT2D eigenvalue weighted by atomic mass is 9.88. The van der Waals surface area contributed by atoms with E-state index >= 15 is 4.39 Å². The van der Waals surface area contributed by atoms with Crippen LogP contribution >= 0.6 is 23.2 Å². The molecule has 51 heavy (non-hydrogen) atoms. The minimum absolute atomic E-state index is 0.0170. The fourth-order valence-corrected chi connectivity index (χ4v) is 6.00. The van der Waals surface area contributed by atoms with Gasteiger partial charge in [0, 0.05) is 30.8 Å². The molecule has 1 aliphatic rings. The predicted molar refractivity (Wildman–Crippen MR) is 178 cm³/mol. The van der Waals surface area contributed by atoms with E-state index in [4.69, 9.17) is 33.1 Å². The number of fused-ring (bicyclic) bond motifs is 4. The summed E-state index contributed by atoms with van der Waals surface area (Å²) in [6.07, 6.45) is 2.79. The second-order valence-corrected chi connectivity index (χ2v) is 12.6. The summed E-state index contributed by atoms with van der Waals surface area (Å²) in [5, 5.41) is 22.3. The zero-order valence-corrected chi connectivity index (χ0v) is 28.6. The largest absolute Gasteiger partial charge is 0.490 e. The van der Waals surface area contributed by atoms with E-state index in [1.165, 1.54) is 33.9 Å². The Kier molecular flexibility index (Phi) is 10.9. The Morgan fingerprint density at radius 2 is 1.82 bits per heavy atom. The molecule has 4 aromatic heterocycles. The quantitative estimate of drug-likeness (QED) is 0.199. The number of hydrogen-bond acceptors (Lipinski definition) is 8. The third-order valence-corrected chi connectivity index (χ3v) is 8.65. The van der Waals surface area contributed by atoms with Crippen LogP contribution in [0.5, 0.6) is 0 Å². The monoisotopic (exact) mass is 749 g/mol. The summed E-state index contributed by atoms with van der Waals surface area (Å²) in [6, 6.07) is 7.42. The molecule has 0 unspecified atom stereocenters. The van der Waals surface area contributed by atoms with Crippen molar-refractivity contribution in [1.82, 2.24) is 39.3 Å².